The molecule has 0 amide bonds. The molecule has 0 spiro atoms. The van der Waals surface area contributed by atoms with E-state index in [4.69, 9.17) is 14.2 Å². The molecule has 1 N–H and O–H groups in total. The quantitative estimate of drug-likeness (QED) is 0.838. The monoisotopic (exact) mass is 293 g/mol. The summed E-state index contributed by atoms with van der Waals surface area (Å²) in [4.78, 5) is 0. The lowest BCUT2D eigenvalue weighted by atomic mass is 9.96. The van der Waals surface area contributed by atoms with E-state index in [2.05, 4.69) is 31.3 Å². The molecule has 1 aromatic carbocycles. The molecule has 2 rings (SSSR count). The van der Waals surface area contributed by atoms with Crippen LogP contribution in [0.5, 0.6) is 11.5 Å². The van der Waals surface area contributed by atoms with E-state index in [-0.39, 0.29) is 0 Å². The number of rotatable bonds is 7. The van der Waals surface area contributed by atoms with Crippen molar-refractivity contribution in [3.05, 3.63) is 23.8 Å². The average Bonchev–Trinajstić information content (AvgIpc) is 2.71. The highest BCUT2D eigenvalue weighted by molar-refractivity contribution is 5.44. The topological polar surface area (TPSA) is 39.7 Å². The maximum Gasteiger partial charge on any atom is 0.161 e. The Morgan fingerprint density at radius 1 is 1.24 bits per heavy atom. The summed E-state index contributed by atoms with van der Waals surface area (Å²) in [7, 11) is 1.76. The Morgan fingerprint density at radius 2 is 2.00 bits per heavy atom. The van der Waals surface area contributed by atoms with E-state index in [9.17, 15) is 0 Å². The van der Waals surface area contributed by atoms with Crippen LogP contribution in [-0.2, 0) is 4.74 Å². The zero-order chi connectivity index (χ0) is 15.1. The van der Waals surface area contributed by atoms with Crippen LogP contribution >= 0.6 is 0 Å². The second kappa shape index (κ2) is 8.25. The second-order valence-electron chi connectivity index (χ2n) is 5.66. The predicted molar refractivity (Wildman–Crippen MR) is 84.1 cm³/mol. The van der Waals surface area contributed by atoms with Crippen LogP contribution in [0.2, 0.25) is 0 Å². The Balaban J connectivity index is 2.13. The molecule has 0 fully saturated rings. The molecule has 118 valence electrons. The first-order valence-corrected chi connectivity index (χ1v) is 7.86. The molecule has 21 heavy (non-hydrogen) atoms. The molecule has 0 bridgehead atoms. The van der Waals surface area contributed by atoms with Crippen molar-refractivity contribution < 1.29 is 14.2 Å². The van der Waals surface area contributed by atoms with Crippen LogP contribution in [0, 0.1) is 5.92 Å². The smallest absolute Gasteiger partial charge is 0.161 e. The minimum atomic E-state index is 0.317. The van der Waals surface area contributed by atoms with Crippen molar-refractivity contribution in [2.24, 2.45) is 5.92 Å². The summed E-state index contributed by atoms with van der Waals surface area (Å²) in [5.41, 5.74) is 1.25. The van der Waals surface area contributed by atoms with E-state index in [0.717, 1.165) is 50.7 Å². The second-order valence-corrected chi connectivity index (χ2v) is 5.66. The van der Waals surface area contributed by atoms with Crippen molar-refractivity contribution in [2.75, 3.05) is 33.5 Å². The molecule has 4 nitrogen and oxygen atoms in total. The van der Waals surface area contributed by atoms with Crippen LogP contribution in [0.25, 0.3) is 0 Å². The van der Waals surface area contributed by atoms with Gasteiger partial charge in [-0.1, -0.05) is 19.9 Å². The number of hydrogen-bond donors (Lipinski definition) is 1. The molecular weight excluding hydrogens is 266 g/mol. The van der Waals surface area contributed by atoms with Gasteiger partial charge in [0, 0.05) is 26.2 Å². The standard InChI is InChI=1S/C17H27NO3/c1-4-18-15(10-13(2)12-19-3)14-6-7-16-17(11-14)21-9-5-8-20-16/h6-7,11,13,15,18H,4-5,8-10,12H2,1-3H3. The van der Waals surface area contributed by atoms with Gasteiger partial charge in [-0.3, -0.25) is 0 Å². The molecule has 1 aliphatic heterocycles. The molecule has 0 saturated heterocycles. The SMILES string of the molecule is CCNC(CC(C)COC)c1ccc2c(c1)OCCCO2. The first-order chi connectivity index (χ1) is 10.2. The Kier molecular flexibility index (Phi) is 6.33. The fourth-order valence-electron chi connectivity index (χ4n) is 2.74. The molecule has 0 radical (unpaired) electrons. The predicted octanol–water partition coefficient (Wildman–Crippen LogP) is 3.17. The van der Waals surface area contributed by atoms with Gasteiger partial charge in [0.05, 0.1) is 13.2 Å². The van der Waals surface area contributed by atoms with Crippen molar-refractivity contribution in [2.45, 2.75) is 32.7 Å². The molecule has 2 unspecified atom stereocenters. The lowest BCUT2D eigenvalue weighted by Gasteiger charge is -2.23. The fraction of sp³-hybridized carbons (Fsp3) is 0.647. The Bertz CT molecular complexity index is 436. The largest absolute Gasteiger partial charge is 0.490 e. The van der Waals surface area contributed by atoms with E-state index in [0.29, 0.717) is 12.0 Å². The number of hydrogen-bond acceptors (Lipinski definition) is 4. The van der Waals surface area contributed by atoms with Crippen LogP contribution < -0.4 is 14.8 Å². The van der Waals surface area contributed by atoms with E-state index < -0.39 is 0 Å². The van der Waals surface area contributed by atoms with Crippen LogP contribution in [-0.4, -0.2) is 33.5 Å². The molecule has 0 saturated carbocycles. The normalized spacial score (nSPS) is 17.1. The molecule has 1 aromatic rings. The van der Waals surface area contributed by atoms with Gasteiger partial charge in [-0.15, -0.1) is 0 Å². The Morgan fingerprint density at radius 3 is 2.71 bits per heavy atom. The average molecular weight is 293 g/mol. The van der Waals surface area contributed by atoms with Gasteiger partial charge in [-0.25, -0.2) is 0 Å². The molecule has 1 aliphatic rings. The summed E-state index contributed by atoms with van der Waals surface area (Å²) in [6.07, 6.45) is 1.98. The summed E-state index contributed by atoms with van der Waals surface area (Å²) < 4.78 is 16.7. The van der Waals surface area contributed by atoms with Gasteiger partial charge in [0.15, 0.2) is 11.5 Å². The zero-order valence-electron chi connectivity index (χ0n) is 13.4. The first kappa shape index (κ1) is 16.1. The Labute approximate surface area is 127 Å². The number of benzene rings is 1. The van der Waals surface area contributed by atoms with E-state index in [1.807, 2.05) is 6.07 Å². The molecule has 2 atom stereocenters. The summed E-state index contributed by atoms with van der Waals surface area (Å²) >= 11 is 0. The zero-order valence-corrected chi connectivity index (χ0v) is 13.4. The lowest BCUT2D eigenvalue weighted by Crippen LogP contribution is -2.24. The van der Waals surface area contributed by atoms with Crippen molar-refractivity contribution in [3.63, 3.8) is 0 Å². The third-order valence-electron chi connectivity index (χ3n) is 3.71. The number of methoxy groups -OCH3 is 1. The molecule has 0 aromatic heterocycles. The maximum atomic E-state index is 5.79. The summed E-state index contributed by atoms with van der Waals surface area (Å²) in [5.74, 6) is 2.23. The van der Waals surface area contributed by atoms with Gasteiger partial charge >= 0.3 is 0 Å². The lowest BCUT2D eigenvalue weighted by molar-refractivity contribution is 0.149. The van der Waals surface area contributed by atoms with E-state index >= 15 is 0 Å². The highest BCUT2D eigenvalue weighted by Crippen LogP contribution is 2.33. The van der Waals surface area contributed by atoms with Crippen LogP contribution in [0.3, 0.4) is 0 Å². The maximum absolute atomic E-state index is 5.79. The molecule has 0 aliphatic carbocycles. The van der Waals surface area contributed by atoms with Crippen LogP contribution in [0.1, 0.15) is 38.3 Å². The number of ether oxygens (including phenoxy) is 3. The minimum Gasteiger partial charge on any atom is -0.490 e. The van der Waals surface area contributed by atoms with Crippen molar-refractivity contribution in [1.29, 1.82) is 0 Å². The van der Waals surface area contributed by atoms with Crippen molar-refractivity contribution in [1.82, 2.24) is 5.32 Å². The van der Waals surface area contributed by atoms with Gasteiger partial charge in [-0.05, 0) is 36.6 Å². The third-order valence-corrected chi connectivity index (χ3v) is 3.71. The van der Waals surface area contributed by atoms with Gasteiger partial charge in [0.25, 0.3) is 0 Å². The van der Waals surface area contributed by atoms with Gasteiger partial charge in [0.2, 0.25) is 0 Å². The minimum absolute atomic E-state index is 0.317. The van der Waals surface area contributed by atoms with Crippen LogP contribution in [0.4, 0.5) is 0 Å². The highest BCUT2D eigenvalue weighted by Gasteiger charge is 2.18. The summed E-state index contributed by atoms with van der Waals surface area (Å²) in [6.45, 7) is 7.54. The molecular formula is C17H27NO3. The summed E-state index contributed by atoms with van der Waals surface area (Å²) in [6, 6.07) is 6.60. The first-order valence-electron chi connectivity index (χ1n) is 7.86. The molecule has 4 heteroatoms. The highest BCUT2D eigenvalue weighted by atomic mass is 16.5. The van der Waals surface area contributed by atoms with Crippen LogP contribution in [0.15, 0.2) is 18.2 Å². The molecule has 1 heterocycles. The van der Waals surface area contributed by atoms with Gasteiger partial charge in [0.1, 0.15) is 0 Å². The summed E-state index contributed by atoms with van der Waals surface area (Å²) in [5, 5.41) is 3.56. The fourth-order valence-corrected chi connectivity index (χ4v) is 2.74. The Hall–Kier alpha value is -1.26. The number of fused-ring (bicyclic) bond motifs is 1. The van der Waals surface area contributed by atoms with Gasteiger partial charge < -0.3 is 19.5 Å². The third kappa shape index (κ3) is 4.61. The van der Waals surface area contributed by atoms with E-state index in [1.165, 1.54) is 5.56 Å². The van der Waals surface area contributed by atoms with Crippen molar-refractivity contribution in [3.8, 4) is 11.5 Å². The van der Waals surface area contributed by atoms with Crippen molar-refractivity contribution >= 4 is 0 Å². The van der Waals surface area contributed by atoms with E-state index in [1.54, 1.807) is 7.11 Å². The van der Waals surface area contributed by atoms with Gasteiger partial charge in [-0.2, -0.15) is 0 Å². The number of nitrogens with one attached hydrogen (secondary N) is 1.